The lowest BCUT2D eigenvalue weighted by molar-refractivity contribution is 0.0942. The van der Waals surface area contributed by atoms with E-state index in [0.29, 0.717) is 41.7 Å². The van der Waals surface area contributed by atoms with Crippen LogP contribution in [-0.2, 0) is 26.1 Å². The smallest absolute Gasteiger partial charge is 0.175 e. The molecule has 1 aliphatic carbocycles. The SMILES string of the molecule is CS(=O)(=O)c1ccc(OC2c3cc(Cl)cc(Cl)c3CC2N2CCC(S(C)(=O)=O)C2)cc1. The molecule has 1 aliphatic heterocycles. The summed E-state index contributed by atoms with van der Waals surface area (Å²) < 4.78 is 53.9. The molecule has 2 aromatic carbocycles. The summed E-state index contributed by atoms with van der Waals surface area (Å²) in [6.07, 6.45) is 3.22. The molecule has 2 aromatic rings. The van der Waals surface area contributed by atoms with E-state index in [9.17, 15) is 16.8 Å². The highest BCUT2D eigenvalue weighted by atomic mass is 35.5. The van der Waals surface area contributed by atoms with Gasteiger partial charge in [-0.15, -0.1) is 0 Å². The van der Waals surface area contributed by atoms with Gasteiger partial charge in [0.25, 0.3) is 0 Å². The first-order valence-corrected chi connectivity index (χ1v) is 14.4. The molecule has 0 bridgehead atoms. The number of hydrogen-bond acceptors (Lipinski definition) is 6. The Kier molecular flexibility index (Phi) is 6.07. The fourth-order valence-corrected chi connectivity index (χ4v) is 6.61. The summed E-state index contributed by atoms with van der Waals surface area (Å²) in [6.45, 7) is 1.09. The quantitative estimate of drug-likeness (QED) is 0.620. The molecule has 168 valence electrons. The van der Waals surface area contributed by atoms with Crippen LogP contribution in [0.1, 0.15) is 23.7 Å². The van der Waals surface area contributed by atoms with Crippen molar-refractivity contribution in [2.45, 2.75) is 35.1 Å². The lowest BCUT2D eigenvalue weighted by atomic mass is 10.1. The van der Waals surface area contributed by atoms with Crippen molar-refractivity contribution in [2.75, 3.05) is 25.6 Å². The van der Waals surface area contributed by atoms with Gasteiger partial charge in [-0.2, -0.15) is 0 Å². The van der Waals surface area contributed by atoms with E-state index >= 15 is 0 Å². The summed E-state index contributed by atoms with van der Waals surface area (Å²) >= 11 is 12.7. The van der Waals surface area contributed by atoms with E-state index in [1.54, 1.807) is 18.2 Å². The van der Waals surface area contributed by atoms with Crippen LogP contribution in [0.15, 0.2) is 41.3 Å². The minimum absolute atomic E-state index is 0.104. The molecule has 3 atom stereocenters. The summed E-state index contributed by atoms with van der Waals surface area (Å²) in [5.41, 5.74) is 1.81. The number of ether oxygens (including phenoxy) is 1. The van der Waals surface area contributed by atoms with Gasteiger partial charge in [-0.05, 0) is 61.3 Å². The van der Waals surface area contributed by atoms with Crippen molar-refractivity contribution >= 4 is 42.9 Å². The highest BCUT2D eigenvalue weighted by molar-refractivity contribution is 7.91. The van der Waals surface area contributed by atoms with E-state index in [1.807, 2.05) is 6.07 Å². The van der Waals surface area contributed by atoms with Crippen molar-refractivity contribution in [3.05, 3.63) is 57.6 Å². The summed E-state index contributed by atoms with van der Waals surface area (Å²) in [5, 5.41) is 0.663. The van der Waals surface area contributed by atoms with Crippen LogP contribution in [0.3, 0.4) is 0 Å². The third-order valence-corrected chi connectivity index (χ3v) is 9.31. The fourth-order valence-electron chi connectivity index (χ4n) is 4.40. The molecule has 10 heteroatoms. The average molecular weight is 504 g/mol. The molecule has 31 heavy (non-hydrogen) atoms. The molecule has 4 rings (SSSR count). The third kappa shape index (κ3) is 4.73. The van der Waals surface area contributed by atoms with E-state index < -0.39 is 31.0 Å². The number of likely N-dealkylation sites (tertiary alicyclic amines) is 1. The standard InChI is InChI=1S/C21H23Cl2NO5S2/c1-30(25,26)15-5-3-14(4-6-15)29-21-18-9-13(22)10-19(23)17(18)11-20(21)24-8-7-16(12-24)31(2,27)28/h3-6,9-10,16,20-21H,7-8,11-12H2,1-2H3. The zero-order valence-corrected chi connectivity index (χ0v) is 20.2. The Bertz CT molecular complexity index is 1210. The Hall–Kier alpha value is -1.32. The van der Waals surface area contributed by atoms with Gasteiger partial charge < -0.3 is 4.74 Å². The highest BCUT2D eigenvalue weighted by Crippen LogP contribution is 2.43. The zero-order valence-electron chi connectivity index (χ0n) is 17.1. The van der Waals surface area contributed by atoms with Crippen molar-refractivity contribution in [1.29, 1.82) is 0 Å². The largest absolute Gasteiger partial charge is 0.484 e. The van der Waals surface area contributed by atoms with Crippen LogP contribution in [0.25, 0.3) is 0 Å². The Morgan fingerprint density at radius 3 is 2.29 bits per heavy atom. The molecular weight excluding hydrogens is 481 g/mol. The zero-order chi connectivity index (χ0) is 22.6. The maximum Gasteiger partial charge on any atom is 0.175 e. The van der Waals surface area contributed by atoms with Crippen molar-refractivity contribution in [3.63, 3.8) is 0 Å². The molecule has 0 aromatic heterocycles. The van der Waals surface area contributed by atoms with Crippen LogP contribution in [0.5, 0.6) is 5.75 Å². The Balaban J connectivity index is 1.66. The molecule has 6 nitrogen and oxygen atoms in total. The second-order valence-electron chi connectivity index (χ2n) is 8.24. The van der Waals surface area contributed by atoms with Gasteiger partial charge >= 0.3 is 0 Å². The van der Waals surface area contributed by atoms with Gasteiger partial charge in [0.2, 0.25) is 0 Å². The number of fused-ring (bicyclic) bond motifs is 1. The number of hydrogen-bond donors (Lipinski definition) is 0. The first-order valence-electron chi connectivity index (χ1n) is 9.81. The summed E-state index contributed by atoms with van der Waals surface area (Å²) in [4.78, 5) is 2.36. The van der Waals surface area contributed by atoms with Crippen LogP contribution < -0.4 is 4.74 Å². The monoisotopic (exact) mass is 503 g/mol. The molecule has 3 unspecified atom stereocenters. The number of halogens is 2. The van der Waals surface area contributed by atoms with E-state index in [-0.39, 0.29) is 10.9 Å². The third-order valence-electron chi connectivity index (χ3n) is 6.03. The van der Waals surface area contributed by atoms with Crippen LogP contribution in [0.2, 0.25) is 10.0 Å². The van der Waals surface area contributed by atoms with Gasteiger partial charge in [-0.1, -0.05) is 23.2 Å². The van der Waals surface area contributed by atoms with Crippen LogP contribution >= 0.6 is 23.2 Å². The van der Waals surface area contributed by atoms with Gasteiger partial charge in [-0.3, -0.25) is 4.90 Å². The summed E-state index contributed by atoms with van der Waals surface area (Å²) in [5.74, 6) is 0.519. The van der Waals surface area contributed by atoms with E-state index in [2.05, 4.69) is 4.90 Å². The second-order valence-corrected chi connectivity index (χ2v) is 13.4. The molecule has 0 N–H and O–H groups in total. The van der Waals surface area contributed by atoms with Crippen molar-refractivity contribution in [3.8, 4) is 5.75 Å². The first kappa shape index (κ1) is 22.9. The fraction of sp³-hybridized carbons (Fsp3) is 0.429. The lowest BCUT2D eigenvalue weighted by Crippen LogP contribution is -2.39. The highest BCUT2D eigenvalue weighted by Gasteiger charge is 2.43. The second kappa shape index (κ2) is 8.23. The number of rotatable bonds is 5. The van der Waals surface area contributed by atoms with Crippen LogP contribution in [0, 0.1) is 0 Å². The molecule has 0 radical (unpaired) electrons. The topological polar surface area (TPSA) is 80.8 Å². The maximum absolute atomic E-state index is 12.1. The molecule has 0 saturated carbocycles. The van der Waals surface area contributed by atoms with Crippen LogP contribution in [-0.4, -0.2) is 58.6 Å². The molecule has 1 fully saturated rings. The normalized spacial score (nSPS) is 24.3. The maximum atomic E-state index is 12.1. The Labute approximate surface area is 192 Å². The minimum atomic E-state index is -3.31. The van der Waals surface area contributed by atoms with Crippen LogP contribution in [0.4, 0.5) is 0 Å². The van der Waals surface area contributed by atoms with Gasteiger partial charge in [-0.25, -0.2) is 16.8 Å². The molecule has 1 saturated heterocycles. The molecular formula is C21H23Cl2NO5S2. The van der Waals surface area contributed by atoms with Crippen molar-refractivity contribution < 1.29 is 21.6 Å². The van der Waals surface area contributed by atoms with E-state index in [0.717, 1.165) is 17.4 Å². The van der Waals surface area contributed by atoms with Gasteiger partial charge in [0, 0.05) is 34.7 Å². The van der Waals surface area contributed by atoms with Gasteiger partial charge in [0.05, 0.1) is 16.2 Å². The Morgan fingerprint density at radius 2 is 1.71 bits per heavy atom. The average Bonchev–Trinajstić information content (AvgIpc) is 3.27. The summed E-state index contributed by atoms with van der Waals surface area (Å²) in [7, 11) is -6.44. The van der Waals surface area contributed by atoms with E-state index in [1.165, 1.54) is 18.4 Å². The Morgan fingerprint density at radius 1 is 1.03 bits per heavy atom. The number of nitrogens with zero attached hydrogens (tertiary/aromatic N) is 1. The van der Waals surface area contributed by atoms with Gasteiger partial charge in [0.1, 0.15) is 11.9 Å². The van der Waals surface area contributed by atoms with Crippen molar-refractivity contribution in [1.82, 2.24) is 4.90 Å². The summed E-state index contributed by atoms with van der Waals surface area (Å²) in [6, 6.07) is 9.70. The minimum Gasteiger partial charge on any atom is -0.484 e. The van der Waals surface area contributed by atoms with E-state index in [4.69, 9.17) is 27.9 Å². The predicted molar refractivity (Wildman–Crippen MR) is 122 cm³/mol. The van der Waals surface area contributed by atoms with Crippen molar-refractivity contribution in [2.24, 2.45) is 0 Å². The molecule has 0 spiro atoms. The molecule has 0 amide bonds. The first-order chi connectivity index (χ1) is 14.4. The molecule has 2 aliphatic rings. The number of benzene rings is 2. The van der Waals surface area contributed by atoms with Gasteiger partial charge in [0.15, 0.2) is 19.7 Å². The predicted octanol–water partition coefficient (Wildman–Crippen LogP) is 3.56. The molecule has 1 heterocycles. The number of sulfone groups is 2. The lowest BCUT2D eigenvalue weighted by Gasteiger charge is -2.30.